The Morgan fingerprint density at radius 3 is 2.75 bits per heavy atom. The molecule has 0 radical (unpaired) electrons. The Bertz CT molecular complexity index is 377. The van der Waals surface area contributed by atoms with Crippen molar-refractivity contribution >= 4 is 5.78 Å². The number of carbonyl (C=O) groups excluding carboxylic acids is 1. The van der Waals surface area contributed by atoms with Gasteiger partial charge in [0.2, 0.25) is 0 Å². The number of halogens is 1. The fourth-order valence-electron chi connectivity index (χ4n) is 1.28. The lowest BCUT2D eigenvalue weighted by atomic mass is 10.1. The third kappa shape index (κ3) is 3.03. The molecule has 4 heteroatoms. The van der Waals surface area contributed by atoms with E-state index < -0.39 is 5.82 Å². The molecular weight excluding hydrogens is 209 g/mol. The monoisotopic (exact) mass is 225 g/mol. The average molecular weight is 225 g/mol. The summed E-state index contributed by atoms with van der Waals surface area (Å²) in [6, 6.07) is 4.74. The molecule has 0 saturated carbocycles. The molecule has 0 bridgehead atoms. The number of hydrogen-bond donors (Lipinski definition) is 1. The molecule has 0 aromatic heterocycles. The number of ether oxygens (including phenoxy) is 1. The second-order valence-corrected chi connectivity index (χ2v) is 3.78. The summed E-state index contributed by atoms with van der Waals surface area (Å²) < 4.78 is 18.5. The number of methoxy groups -OCH3 is 1. The third-order valence-corrected chi connectivity index (χ3v) is 2.15. The van der Waals surface area contributed by atoms with Gasteiger partial charge in [0.15, 0.2) is 17.3 Å². The van der Waals surface area contributed by atoms with Gasteiger partial charge in [0.1, 0.15) is 0 Å². The average Bonchev–Trinajstić information content (AvgIpc) is 2.26. The Hall–Kier alpha value is -1.42. The van der Waals surface area contributed by atoms with Crippen molar-refractivity contribution in [1.82, 2.24) is 5.32 Å². The molecule has 0 heterocycles. The van der Waals surface area contributed by atoms with Crippen LogP contribution >= 0.6 is 0 Å². The fourth-order valence-corrected chi connectivity index (χ4v) is 1.28. The molecule has 0 aliphatic rings. The first-order valence-electron chi connectivity index (χ1n) is 5.15. The molecule has 1 aromatic carbocycles. The molecule has 0 amide bonds. The van der Waals surface area contributed by atoms with Crippen molar-refractivity contribution in [1.29, 1.82) is 0 Å². The molecule has 0 spiro atoms. The van der Waals surface area contributed by atoms with Crippen molar-refractivity contribution in [2.24, 2.45) is 0 Å². The van der Waals surface area contributed by atoms with Crippen molar-refractivity contribution in [2.45, 2.75) is 19.9 Å². The summed E-state index contributed by atoms with van der Waals surface area (Å²) in [7, 11) is 1.37. The van der Waals surface area contributed by atoms with Gasteiger partial charge in [-0.05, 0) is 12.1 Å². The molecule has 0 fully saturated rings. The number of nitrogens with one attached hydrogen (secondary N) is 1. The van der Waals surface area contributed by atoms with Crippen molar-refractivity contribution in [3.8, 4) is 5.75 Å². The van der Waals surface area contributed by atoms with Crippen LogP contribution in [0.25, 0.3) is 0 Å². The Kier molecular flexibility index (Phi) is 4.43. The number of rotatable bonds is 5. The van der Waals surface area contributed by atoms with Crippen LogP contribution in [-0.2, 0) is 0 Å². The van der Waals surface area contributed by atoms with Gasteiger partial charge in [-0.1, -0.05) is 19.9 Å². The summed E-state index contributed by atoms with van der Waals surface area (Å²) in [5.41, 5.74) is 0.0625. The molecule has 0 unspecified atom stereocenters. The minimum absolute atomic E-state index is 0.0625. The Balaban J connectivity index is 2.83. The van der Waals surface area contributed by atoms with E-state index in [4.69, 9.17) is 4.74 Å². The van der Waals surface area contributed by atoms with Gasteiger partial charge in [0.25, 0.3) is 0 Å². The van der Waals surface area contributed by atoms with Crippen LogP contribution in [0.5, 0.6) is 5.75 Å². The topological polar surface area (TPSA) is 38.3 Å². The summed E-state index contributed by atoms with van der Waals surface area (Å²) >= 11 is 0. The lowest BCUT2D eigenvalue weighted by molar-refractivity contribution is 0.0984. The quantitative estimate of drug-likeness (QED) is 0.779. The van der Waals surface area contributed by atoms with E-state index in [1.165, 1.54) is 19.2 Å². The van der Waals surface area contributed by atoms with Crippen LogP contribution in [0.4, 0.5) is 4.39 Å². The first-order chi connectivity index (χ1) is 7.56. The summed E-state index contributed by atoms with van der Waals surface area (Å²) in [6.07, 6.45) is 0. The van der Waals surface area contributed by atoms with Crippen molar-refractivity contribution in [3.05, 3.63) is 29.6 Å². The van der Waals surface area contributed by atoms with Crippen LogP contribution in [0.3, 0.4) is 0 Å². The fraction of sp³-hybridized carbons (Fsp3) is 0.417. The maximum Gasteiger partial charge on any atom is 0.179 e. The van der Waals surface area contributed by atoms with Gasteiger partial charge < -0.3 is 10.1 Å². The molecule has 0 aliphatic carbocycles. The summed E-state index contributed by atoms with van der Waals surface area (Å²) in [6.45, 7) is 3.98. The van der Waals surface area contributed by atoms with E-state index in [-0.39, 0.29) is 29.7 Å². The SMILES string of the molecule is COc1cccc(C(=O)CNC(C)C)c1F. The smallest absolute Gasteiger partial charge is 0.179 e. The first-order valence-corrected chi connectivity index (χ1v) is 5.15. The highest BCUT2D eigenvalue weighted by atomic mass is 19.1. The number of hydrogen-bond acceptors (Lipinski definition) is 3. The number of ketones is 1. The first kappa shape index (κ1) is 12.6. The minimum Gasteiger partial charge on any atom is -0.494 e. The van der Waals surface area contributed by atoms with E-state index in [0.29, 0.717) is 0 Å². The molecule has 0 saturated heterocycles. The molecule has 3 nitrogen and oxygen atoms in total. The van der Waals surface area contributed by atoms with E-state index in [1.807, 2.05) is 13.8 Å². The van der Waals surface area contributed by atoms with Gasteiger partial charge in [0.05, 0.1) is 19.2 Å². The normalized spacial score (nSPS) is 10.6. The summed E-state index contributed by atoms with van der Waals surface area (Å²) in [5.74, 6) is -0.777. The molecular formula is C12H16FNO2. The molecule has 0 aliphatic heterocycles. The van der Waals surface area contributed by atoms with E-state index in [2.05, 4.69) is 5.32 Å². The maximum atomic E-state index is 13.7. The second-order valence-electron chi connectivity index (χ2n) is 3.78. The second kappa shape index (κ2) is 5.61. The number of Topliss-reactive ketones (excluding diaryl/α,β-unsaturated/α-hetero) is 1. The third-order valence-electron chi connectivity index (χ3n) is 2.15. The van der Waals surface area contributed by atoms with Gasteiger partial charge in [-0.15, -0.1) is 0 Å². The van der Waals surface area contributed by atoms with Crippen molar-refractivity contribution in [2.75, 3.05) is 13.7 Å². The van der Waals surface area contributed by atoms with E-state index in [1.54, 1.807) is 6.07 Å². The Morgan fingerprint density at radius 2 is 2.19 bits per heavy atom. The van der Waals surface area contributed by atoms with E-state index in [0.717, 1.165) is 0 Å². The highest BCUT2D eigenvalue weighted by Crippen LogP contribution is 2.20. The van der Waals surface area contributed by atoms with Crippen LogP contribution in [0.1, 0.15) is 24.2 Å². The lowest BCUT2D eigenvalue weighted by Crippen LogP contribution is -2.29. The molecule has 1 aromatic rings. The highest BCUT2D eigenvalue weighted by molar-refractivity contribution is 5.98. The number of carbonyl (C=O) groups is 1. The van der Waals surface area contributed by atoms with Crippen molar-refractivity contribution < 1.29 is 13.9 Å². The molecule has 88 valence electrons. The minimum atomic E-state index is -0.597. The zero-order chi connectivity index (χ0) is 12.1. The van der Waals surface area contributed by atoms with Gasteiger partial charge in [-0.2, -0.15) is 0 Å². The standard InChI is InChI=1S/C12H16FNO2/c1-8(2)14-7-10(15)9-5-4-6-11(16-3)12(9)13/h4-6,8,14H,7H2,1-3H3. The molecule has 1 N–H and O–H groups in total. The predicted octanol–water partition coefficient (Wildman–Crippen LogP) is 2.01. The largest absolute Gasteiger partial charge is 0.494 e. The Labute approximate surface area is 94.6 Å². The highest BCUT2D eigenvalue weighted by Gasteiger charge is 2.15. The zero-order valence-corrected chi connectivity index (χ0v) is 9.71. The molecule has 1 rings (SSSR count). The van der Waals surface area contributed by atoms with Crippen LogP contribution in [0, 0.1) is 5.82 Å². The van der Waals surface area contributed by atoms with Gasteiger partial charge in [0, 0.05) is 6.04 Å². The van der Waals surface area contributed by atoms with Gasteiger partial charge >= 0.3 is 0 Å². The maximum absolute atomic E-state index is 13.7. The summed E-state index contributed by atoms with van der Waals surface area (Å²) in [5, 5.41) is 2.95. The predicted molar refractivity (Wildman–Crippen MR) is 60.4 cm³/mol. The van der Waals surface area contributed by atoms with Crippen LogP contribution < -0.4 is 10.1 Å². The van der Waals surface area contributed by atoms with E-state index in [9.17, 15) is 9.18 Å². The van der Waals surface area contributed by atoms with Gasteiger partial charge in [-0.3, -0.25) is 4.79 Å². The van der Waals surface area contributed by atoms with Crippen molar-refractivity contribution in [3.63, 3.8) is 0 Å². The van der Waals surface area contributed by atoms with Gasteiger partial charge in [-0.25, -0.2) is 4.39 Å². The van der Waals surface area contributed by atoms with E-state index >= 15 is 0 Å². The lowest BCUT2D eigenvalue weighted by Gasteiger charge is -2.09. The Morgan fingerprint density at radius 1 is 1.50 bits per heavy atom. The van der Waals surface area contributed by atoms with Crippen LogP contribution in [0.2, 0.25) is 0 Å². The molecule has 0 atom stereocenters. The number of benzene rings is 1. The zero-order valence-electron chi connectivity index (χ0n) is 9.71. The summed E-state index contributed by atoms with van der Waals surface area (Å²) in [4.78, 5) is 11.7. The van der Waals surface area contributed by atoms with Crippen LogP contribution in [0.15, 0.2) is 18.2 Å². The molecule has 16 heavy (non-hydrogen) atoms. The van der Waals surface area contributed by atoms with Crippen LogP contribution in [-0.4, -0.2) is 25.5 Å².